The third-order valence-electron chi connectivity index (χ3n) is 1.55. The van der Waals surface area contributed by atoms with Crippen LogP contribution in [0.1, 0.15) is 12.7 Å². The van der Waals surface area contributed by atoms with Crippen LogP contribution < -0.4 is 11.1 Å². The second-order valence-corrected chi connectivity index (χ2v) is 2.72. The topological polar surface area (TPSA) is 63.8 Å². The lowest BCUT2D eigenvalue weighted by Gasteiger charge is -2.06. The fourth-order valence-electron chi connectivity index (χ4n) is 0.948. The van der Waals surface area contributed by atoms with Crippen LogP contribution in [-0.4, -0.2) is 22.9 Å². The highest BCUT2D eigenvalue weighted by molar-refractivity contribution is 5.44. The lowest BCUT2D eigenvalue weighted by Crippen LogP contribution is -2.12. The average molecular weight is 202 g/mol. The van der Waals surface area contributed by atoms with Crippen molar-refractivity contribution in [2.75, 3.05) is 17.6 Å². The van der Waals surface area contributed by atoms with Crippen molar-refractivity contribution in [3.8, 4) is 0 Å². The first-order valence-electron chi connectivity index (χ1n) is 4.27. The van der Waals surface area contributed by atoms with E-state index in [0.29, 0.717) is 18.1 Å². The monoisotopic (exact) mass is 202 g/mol. The van der Waals surface area contributed by atoms with Crippen molar-refractivity contribution in [3.63, 3.8) is 0 Å². The number of nitrogens with zero attached hydrogens (tertiary/aromatic N) is 2. The quantitative estimate of drug-likeness (QED) is 0.772. The number of alkyl halides is 2. The summed E-state index contributed by atoms with van der Waals surface area (Å²) in [6.07, 6.45) is -1.79. The Morgan fingerprint density at radius 2 is 2.21 bits per heavy atom. The maximum atomic E-state index is 11.9. The molecule has 0 saturated carbocycles. The summed E-state index contributed by atoms with van der Waals surface area (Å²) in [5.74, 6) is 1.17. The highest BCUT2D eigenvalue weighted by atomic mass is 19.3. The molecule has 0 spiro atoms. The minimum atomic E-state index is -2.41. The van der Waals surface area contributed by atoms with Crippen molar-refractivity contribution in [2.24, 2.45) is 0 Å². The summed E-state index contributed by atoms with van der Waals surface area (Å²) < 4.78 is 23.7. The van der Waals surface area contributed by atoms with Crippen molar-refractivity contribution < 1.29 is 8.78 Å². The van der Waals surface area contributed by atoms with E-state index in [4.69, 9.17) is 5.73 Å². The average Bonchev–Trinajstić information content (AvgIpc) is 2.14. The molecule has 0 aliphatic rings. The van der Waals surface area contributed by atoms with Gasteiger partial charge in [-0.15, -0.1) is 0 Å². The number of hydrogen-bond acceptors (Lipinski definition) is 4. The number of hydrogen-bond donors (Lipinski definition) is 2. The van der Waals surface area contributed by atoms with Gasteiger partial charge >= 0.3 is 0 Å². The molecule has 0 aromatic carbocycles. The molecule has 0 fully saturated rings. The fourth-order valence-corrected chi connectivity index (χ4v) is 0.948. The second kappa shape index (κ2) is 4.69. The summed E-state index contributed by atoms with van der Waals surface area (Å²) in [6, 6.07) is 1.43. The van der Waals surface area contributed by atoms with E-state index in [9.17, 15) is 8.78 Å². The van der Waals surface area contributed by atoms with E-state index in [0.717, 1.165) is 0 Å². The summed E-state index contributed by atoms with van der Waals surface area (Å²) in [5.41, 5.74) is 5.46. The van der Waals surface area contributed by atoms with Gasteiger partial charge in [-0.1, -0.05) is 6.92 Å². The van der Waals surface area contributed by atoms with Crippen molar-refractivity contribution >= 4 is 11.6 Å². The molecule has 0 atom stereocenters. The molecular weight excluding hydrogens is 190 g/mol. The Hall–Kier alpha value is -1.46. The predicted molar refractivity (Wildman–Crippen MR) is 50.3 cm³/mol. The number of aromatic nitrogens is 2. The van der Waals surface area contributed by atoms with Gasteiger partial charge in [-0.05, 0) is 0 Å². The molecule has 14 heavy (non-hydrogen) atoms. The third kappa shape index (κ3) is 3.12. The molecule has 0 radical (unpaired) electrons. The molecule has 78 valence electrons. The van der Waals surface area contributed by atoms with Gasteiger partial charge in [0.15, 0.2) is 0 Å². The molecule has 4 nitrogen and oxygen atoms in total. The van der Waals surface area contributed by atoms with E-state index in [2.05, 4.69) is 15.3 Å². The molecule has 6 heteroatoms. The van der Waals surface area contributed by atoms with Gasteiger partial charge < -0.3 is 11.1 Å². The van der Waals surface area contributed by atoms with Gasteiger partial charge in [0, 0.05) is 12.5 Å². The summed E-state index contributed by atoms with van der Waals surface area (Å²) >= 11 is 0. The van der Waals surface area contributed by atoms with Gasteiger partial charge in [-0.2, -0.15) is 0 Å². The molecule has 0 aliphatic carbocycles. The lowest BCUT2D eigenvalue weighted by molar-refractivity contribution is 0.163. The summed E-state index contributed by atoms with van der Waals surface area (Å²) in [5, 5.41) is 2.48. The van der Waals surface area contributed by atoms with Gasteiger partial charge in [0.05, 0.1) is 6.54 Å². The zero-order valence-electron chi connectivity index (χ0n) is 7.80. The van der Waals surface area contributed by atoms with E-state index in [-0.39, 0.29) is 5.82 Å². The van der Waals surface area contributed by atoms with Crippen molar-refractivity contribution in [3.05, 3.63) is 11.9 Å². The van der Waals surface area contributed by atoms with Gasteiger partial charge in [0.25, 0.3) is 6.43 Å². The molecular formula is C8H12F2N4. The Morgan fingerprint density at radius 1 is 1.50 bits per heavy atom. The van der Waals surface area contributed by atoms with Crippen molar-refractivity contribution in [1.82, 2.24) is 9.97 Å². The maximum Gasteiger partial charge on any atom is 0.255 e. The standard InChI is InChI=1S/C8H12F2N4/c1-2-7-13-6(11)3-8(14-7)12-4-5(9)10/h3,5H,2,4H2,1H3,(H3,11,12,13,14). The van der Waals surface area contributed by atoms with E-state index >= 15 is 0 Å². The molecule has 1 heterocycles. The van der Waals surface area contributed by atoms with Crippen LogP contribution in [0.5, 0.6) is 0 Å². The molecule has 0 amide bonds. The van der Waals surface area contributed by atoms with Crippen molar-refractivity contribution in [1.29, 1.82) is 0 Å². The number of nitrogens with two attached hydrogens (primary N) is 1. The zero-order chi connectivity index (χ0) is 10.6. The number of nitrogens with one attached hydrogen (secondary N) is 1. The van der Waals surface area contributed by atoms with Crippen LogP contribution >= 0.6 is 0 Å². The van der Waals surface area contributed by atoms with Crippen LogP contribution in [0.3, 0.4) is 0 Å². The minimum absolute atomic E-state index is 0.286. The molecule has 1 aromatic rings. The van der Waals surface area contributed by atoms with Crippen molar-refractivity contribution in [2.45, 2.75) is 19.8 Å². The number of halogens is 2. The largest absolute Gasteiger partial charge is 0.384 e. The smallest absolute Gasteiger partial charge is 0.255 e. The number of anilines is 2. The maximum absolute atomic E-state index is 11.9. The first kappa shape index (κ1) is 10.6. The van der Waals surface area contributed by atoms with Crippen LogP contribution in [0.25, 0.3) is 0 Å². The Balaban J connectivity index is 2.71. The molecule has 1 aromatic heterocycles. The predicted octanol–water partition coefficient (Wildman–Crippen LogP) is 1.30. The van der Waals surface area contributed by atoms with E-state index in [1.54, 1.807) is 0 Å². The SMILES string of the molecule is CCc1nc(N)cc(NCC(F)F)n1. The van der Waals surface area contributed by atoms with Crippen LogP contribution in [0.4, 0.5) is 20.4 Å². The molecule has 0 bridgehead atoms. The minimum Gasteiger partial charge on any atom is -0.384 e. The van der Waals surface area contributed by atoms with Gasteiger partial charge in [-0.3, -0.25) is 0 Å². The number of aryl methyl sites for hydroxylation is 1. The zero-order valence-corrected chi connectivity index (χ0v) is 7.80. The van der Waals surface area contributed by atoms with Crippen LogP contribution in [0, 0.1) is 0 Å². The molecule has 0 saturated heterocycles. The number of nitrogen functional groups attached to an aromatic ring is 1. The van der Waals surface area contributed by atoms with Gasteiger partial charge in [0.2, 0.25) is 0 Å². The number of rotatable bonds is 4. The molecule has 1 rings (SSSR count). The Kier molecular flexibility index (Phi) is 3.55. The molecule has 0 unspecified atom stereocenters. The summed E-state index contributed by atoms with van der Waals surface area (Å²) in [7, 11) is 0. The van der Waals surface area contributed by atoms with E-state index in [1.165, 1.54) is 6.07 Å². The van der Waals surface area contributed by atoms with Crippen LogP contribution in [0.15, 0.2) is 6.07 Å². The molecule has 3 N–H and O–H groups in total. The lowest BCUT2D eigenvalue weighted by atomic mass is 10.4. The second-order valence-electron chi connectivity index (χ2n) is 2.72. The fraction of sp³-hybridized carbons (Fsp3) is 0.500. The highest BCUT2D eigenvalue weighted by Crippen LogP contribution is 2.09. The Labute approximate surface area is 80.6 Å². The first-order chi connectivity index (χ1) is 6.61. The first-order valence-corrected chi connectivity index (χ1v) is 4.27. The van der Waals surface area contributed by atoms with Gasteiger partial charge in [-0.25, -0.2) is 18.7 Å². The Morgan fingerprint density at radius 3 is 2.79 bits per heavy atom. The van der Waals surface area contributed by atoms with E-state index < -0.39 is 13.0 Å². The molecule has 0 aliphatic heterocycles. The summed E-state index contributed by atoms with van der Waals surface area (Å²) in [4.78, 5) is 7.91. The normalized spacial score (nSPS) is 10.6. The van der Waals surface area contributed by atoms with Crippen LogP contribution in [-0.2, 0) is 6.42 Å². The van der Waals surface area contributed by atoms with Crippen LogP contribution in [0.2, 0.25) is 0 Å². The third-order valence-corrected chi connectivity index (χ3v) is 1.55. The van der Waals surface area contributed by atoms with E-state index in [1.807, 2.05) is 6.92 Å². The summed E-state index contributed by atoms with van der Waals surface area (Å²) in [6.45, 7) is 1.44. The Bertz CT molecular complexity index is 303. The van der Waals surface area contributed by atoms with Gasteiger partial charge in [0.1, 0.15) is 17.5 Å². The highest BCUT2D eigenvalue weighted by Gasteiger charge is 2.04.